The summed E-state index contributed by atoms with van der Waals surface area (Å²) < 4.78 is 0.433. The van der Waals surface area contributed by atoms with Crippen LogP contribution in [-0.4, -0.2) is 4.32 Å². The van der Waals surface area contributed by atoms with Gasteiger partial charge in [0, 0.05) is 0 Å². The molecular weight excluding hydrogens is 140 g/mol. The average molecular weight is 144 g/mol. The summed E-state index contributed by atoms with van der Waals surface area (Å²) in [6, 6.07) is 0. The molecule has 0 rings (SSSR count). The molecule has 0 fully saturated rings. The molecule has 0 saturated heterocycles. The highest BCUT2D eigenvalue weighted by atomic mass is 32.2. The van der Waals surface area contributed by atoms with Crippen LogP contribution in [0.4, 0.5) is 0 Å². The predicted octanol–water partition coefficient (Wildman–Crippen LogP) is 1.22. The number of hydrogen-bond acceptors (Lipinski definition) is 3. The normalized spacial score (nSPS) is 6.88. The van der Waals surface area contributed by atoms with Crippen molar-refractivity contribution < 1.29 is 0 Å². The summed E-state index contributed by atoms with van der Waals surface area (Å²) in [6.07, 6.45) is 1.69. The fourth-order valence-electron chi connectivity index (χ4n) is 0.151. The van der Waals surface area contributed by atoms with Crippen molar-refractivity contribution in [3.63, 3.8) is 0 Å². The molecule has 0 aliphatic heterocycles. The maximum absolute atomic E-state index is 7.97. The molecule has 0 amide bonds. The SMILES string of the molecule is C=CSC(=S)NC#N. The van der Waals surface area contributed by atoms with Crippen molar-refractivity contribution in [2.24, 2.45) is 0 Å². The van der Waals surface area contributed by atoms with Crippen LogP contribution in [0.1, 0.15) is 0 Å². The highest BCUT2D eigenvalue weighted by Gasteiger charge is 1.86. The summed E-state index contributed by atoms with van der Waals surface area (Å²) in [5.41, 5.74) is 0. The minimum absolute atomic E-state index is 0.433. The van der Waals surface area contributed by atoms with Crippen molar-refractivity contribution in [1.29, 1.82) is 5.26 Å². The molecule has 0 aliphatic rings. The van der Waals surface area contributed by atoms with Gasteiger partial charge in [0.1, 0.15) is 0 Å². The molecule has 2 nitrogen and oxygen atoms in total. The summed E-state index contributed by atoms with van der Waals surface area (Å²) in [5.74, 6) is 0. The molecule has 42 valence electrons. The highest BCUT2D eigenvalue weighted by molar-refractivity contribution is 8.24. The zero-order valence-corrected chi connectivity index (χ0v) is 5.68. The third-order valence-corrected chi connectivity index (χ3v) is 1.22. The van der Waals surface area contributed by atoms with Gasteiger partial charge in [0.05, 0.1) is 0 Å². The lowest BCUT2D eigenvalue weighted by Gasteiger charge is -1.89. The number of nitriles is 1. The molecule has 0 radical (unpaired) electrons. The maximum Gasteiger partial charge on any atom is 0.182 e. The van der Waals surface area contributed by atoms with E-state index in [0.29, 0.717) is 4.32 Å². The Morgan fingerprint density at radius 3 is 3.00 bits per heavy atom. The average Bonchev–Trinajstić information content (AvgIpc) is 1.68. The largest absolute Gasteiger partial charge is 0.278 e. The molecule has 0 heterocycles. The van der Waals surface area contributed by atoms with Gasteiger partial charge in [0.2, 0.25) is 0 Å². The van der Waals surface area contributed by atoms with E-state index in [9.17, 15) is 0 Å². The third-order valence-electron chi connectivity index (χ3n) is 0.348. The van der Waals surface area contributed by atoms with Crippen LogP contribution in [0, 0.1) is 11.5 Å². The number of hydrogen-bond donors (Lipinski definition) is 1. The summed E-state index contributed by atoms with van der Waals surface area (Å²) in [4.78, 5) is 0. The van der Waals surface area contributed by atoms with Crippen molar-refractivity contribution in [2.75, 3.05) is 0 Å². The van der Waals surface area contributed by atoms with Gasteiger partial charge in [-0.25, -0.2) is 0 Å². The van der Waals surface area contributed by atoms with Crippen LogP contribution in [0.2, 0.25) is 0 Å². The van der Waals surface area contributed by atoms with Crippen LogP contribution < -0.4 is 5.32 Å². The van der Waals surface area contributed by atoms with Gasteiger partial charge in [-0.05, 0) is 5.41 Å². The molecule has 0 spiro atoms. The van der Waals surface area contributed by atoms with E-state index >= 15 is 0 Å². The first-order chi connectivity index (χ1) is 3.81. The van der Waals surface area contributed by atoms with E-state index in [2.05, 4.69) is 24.1 Å². The number of rotatable bonds is 1. The first-order valence-corrected chi connectivity index (χ1v) is 3.06. The van der Waals surface area contributed by atoms with E-state index in [-0.39, 0.29) is 0 Å². The van der Waals surface area contributed by atoms with Gasteiger partial charge < -0.3 is 0 Å². The zero-order valence-electron chi connectivity index (χ0n) is 4.05. The van der Waals surface area contributed by atoms with Crippen molar-refractivity contribution in [3.8, 4) is 6.19 Å². The van der Waals surface area contributed by atoms with Crippen molar-refractivity contribution in [2.45, 2.75) is 0 Å². The van der Waals surface area contributed by atoms with Crippen LogP contribution in [0.3, 0.4) is 0 Å². The van der Waals surface area contributed by atoms with Crippen molar-refractivity contribution in [1.82, 2.24) is 5.32 Å². The molecule has 0 aromatic rings. The van der Waals surface area contributed by atoms with Crippen LogP contribution >= 0.6 is 24.0 Å². The lowest BCUT2D eigenvalue weighted by molar-refractivity contribution is 1.32. The van der Waals surface area contributed by atoms with Crippen molar-refractivity contribution >= 4 is 28.3 Å². The molecule has 0 unspecified atom stereocenters. The van der Waals surface area contributed by atoms with Gasteiger partial charge in [0.25, 0.3) is 0 Å². The third kappa shape index (κ3) is 3.65. The van der Waals surface area contributed by atoms with Gasteiger partial charge in [-0.2, -0.15) is 5.26 Å². The summed E-state index contributed by atoms with van der Waals surface area (Å²) in [5, 5.41) is 11.8. The molecule has 0 saturated carbocycles. The minimum Gasteiger partial charge on any atom is -0.278 e. The van der Waals surface area contributed by atoms with Crippen LogP contribution in [0.15, 0.2) is 12.0 Å². The quantitative estimate of drug-likeness (QED) is 0.341. The molecular formula is C4H4N2S2. The maximum atomic E-state index is 7.97. The Morgan fingerprint density at radius 1 is 2.00 bits per heavy atom. The second kappa shape index (κ2) is 4.62. The second-order valence-corrected chi connectivity index (χ2v) is 2.45. The van der Waals surface area contributed by atoms with Gasteiger partial charge in [-0.3, -0.25) is 5.32 Å². The Bertz CT molecular complexity index is 135. The first-order valence-electron chi connectivity index (χ1n) is 1.78. The standard InChI is InChI=1S/C4H4N2S2/c1-2-8-4(7)6-3-5/h2H,1H2,(H,6,7). The van der Waals surface area contributed by atoms with Crippen LogP contribution in [0.25, 0.3) is 0 Å². The molecule has 0 aromatic carbocycles. The number of nitrogens with zero attached hydrogens (tertiary/aromatic N) is 1. The van der Waals surface area contributed by atoms with Gasteiger partial charge in [0.15, 0.2) is 10.5 Å². The Hall–Kier alpha value is -0.530. The van der Waals surface area contributed by atoms with Gasteiger partial charge in [-0.15, -0.1) is 0 Å². The fourth-order valence-corrected chi connectivity index (χ4v) is 0.657. The monoisotopic (exact) mass is 144 g/mol. The van der Waals surface area contributed by atoms with E-state index in [1.807, 2.05) is 0 Å². The molecule has 0 bridgehead atoms. The fraction of sp³-hybridized carbons (Fsp3) is 0. The molecule has 0 aliphatic carbocycles. The van der Waals surface area contributed by atoms with E-state index in [1.54, 1.807) is 11.6 Å². The highest BCUT2D eigenvalue weighted by Crippen LogP contribution is 1.99. The van der Waals surface area contributed by atoms with E-state index in [0.717, 1.165) is 0 Å². The summed E-state index contributed by atoms with van der Waals surface area (Å²) in [7, 11) is 0. The topological polar surface area (TPSA) is 35.8 Å². The molecule has 0 atom stereocenters. The Balaban J connectivity index is 3.36. The number of thioether (sulfide) groups is 1. The number of thiocarbonyl (C=S) groups is 1. The molecule has 8 heavy (non-hydrogen) atoms. The minimum atomic E-state index is 0.433. The Kier molecular flexibility index (Phi) is 4.32. The van der Waals surface area contributed by atoms with Crippen LogP contribution in [0.5, 0.6) is 0 Å². The van der Waals surface area contributed by atoms with E-state index in [1.165, 1.54) is 11.8 Å². The van der Waals surface area contributed by atoms with E-state index < -0.39 is 0 Å². The van der Waals surface area contributed by atoms with E-state index in [4.69, 9.17) is 5.26 Å². The van der Waals surface area contributed by atoms with Gasteiger partial charge in [-0.1, -0.05) is 30.6 Å². The zero-order chi connectivity index (χ0) is 6.41. The second-order valence-electron chi connectivity index (χ2n) is 0.809. The van der Waals surface area contributed by atoms with Crippen LogP contribution in [-0.2, 0) is 0 Å². The molecule has 4 heteroatoms. The Labute approximate surface area is 57.6 Å². The van der Waals surface area contributed by atoms with Crippen molar-refractivity contribution in [3.05, 3.63) is 12.0 Å². The lowest BCUT2D eigenvalue weighted by atomic mass is 11.2. The molecule has 0 aromatic heterocycles. The molecule has 1 N–H and O–H groups in total. The van der Waals surface area contributed by atoms with Gasteiger partial charge >= 0.3 is 0 Å². The lowest BCUT2D eigenvalue weighted by Crippen LogP contribution is -2.08. The summed E-state index contributed by atoms with van der Waals surface area (Å²) >= 11 is 5.83. The summed E-state index contributed by atoms with van der Waals surface area (Å²) in [6.45, 7) is 3.41. The Morgan fingerprint density at radius 2 is 2.62 bits per heavy atom. The number of nitrogens with one attached hydrogen (secondary N) is 1. The first kappa shape index (κ1) is 7.47. The smallest absolute Gasteiger partial charge is 0.182 e. The predicted molar refractivity (Wildman–Crippen MR) is 39.1 cm³/mol.